The van der Waals surface area contributed by atoms with E-state index in [1.807, 2.05) is 13.8 Å². The third-order valence-electron chi connectivity index (χ3n) is 10.8. The van der Waals surface area contributed by atoms with Crippen molar-refractivity contribution in [3.63, 3.8) is 0 Å². The van der Waals surface area contributed by atoms with Gasteiger partial charge in [0, 0.05) is 13.1 Å². The highest BCUT2D eigenvalue weighted by Gasteiger charge is 2.14. The number of rotatable bonds is 40. The van der Waals surface area contributed by atoms with Gasteiger partial charge in [-0.1, -0.05) is 189 Å². The molecule has 0 aromatic rings. The van der Waals surface area contributed by atoms with Crippen molar-refractivity contribution in [1.29, 1.82) is 5.26 Å². The third kappa shape index (κ3) is 56.2. The maximum Gasteiger partial charge on any atom is 0.306 e. The highest BCUT2D eigenvalue weighted by atomic mass is 16.5. The van der Waals surface area contributed by atoms with E-state index < -0.39 is 0 Å². The molecule has 57 heavy (non-hydrogen) atoms. The van der Waals surface area contributed by atoms with Gasteiger partial charge in [-0.3, -0.25) is 9.59 Å². The van der Waals surface area contributed by atoms with Crippen LogP contribution in [-0.2, 0) is 14.3 Å². The molecule has 0 saturated heterocycles. The number of hydrogen-bond donors (Lipinski definition) is 2. The summed E-state index contributed by atoms with van der Waals surface area (Å²) in [7, 11) is 2.07. The number of nitrogens with one attached hydrogen (secondary N) is 1. The summed E-state index contributed by atoms with van der Waals surface area (Å²) in [5, 5.41) is 17.6. The molecule has 0 rings (SSSR count). The summed E-state index contributed by atoms with van der Waals surface area (Å²) in [5.74, 6) is 1.03. The van der Waals surface area contributed by atoms with E-state index in [0.29, 0.717) is 6.42 Å². The van der Waals surface area contributed by atoms with E-state index in [2.05, 4.69) is 56.7 Å². The molecule has 0 aromatic heterocycles. The highest BCUT2D eigenvalue weighted by Crippen LogP contribution is 2.22. The Balaban J connectivity index is -0.00000141. The molecular formula is C49H100N4O4. The number of aliphatic imine (C=N–C) groups is 1. The summed E-state index contributed by atoms with van der Waals surface area (Å²) in [6.07, 6.45) is 42.9. The van der Waals surface area contributed by atoms with Crippen molar-refractivity contribution >= 4 is 19.2 Å². The van der Waals surface area contributed by atoms with Crippen LogP contribution in [-0.4, -0.2) is 68.5 Å². The van der Waals surface area contributed by atoms with Crippen LogP contribution in [0.15, 0.2) is 4.99 Å². The summed E-state index contributed by atoms with van der Waals surface area (Å²) in [4.78, 5) is 26.5. The van der Waals surface area contributed by atoms with Gasteiger partial charge in [0.05, 0.1) is 0 Å². The maximum atomic E-state index is 12.6. The van der Waals surface area contributed by atoms with Crippen molar-refractivity contribution in [2.45, 2.75) is 253 Å². The zero-order valence-corrected chi connectivity index (χ0v) is 39.4. The first-order chi connectivity index (χ1) is 27.9. The zero-order valence-electron chi connectivity index (χ0n) is 39.4. The van der Waals surface area contributed by atoms with Gasteiger partial charge < -0.3 is 20.1 Å². The average molecular weight is 809 g/mol. The molecule has 8 heteroatoms. The van der Waals surface area contributed by atoms with Crippen molar-refractivity contribution in [2.24, 2.45) is 10.9 Å². The molecule has 0 saturated carbocycles. The first-order valence-electron chi connectivity index (χ1n) is 24.4. The van der Waals surface area contributed by atoms with Crippen molar-refractivity contribution in [3.8, 4) is 6.19 Å². The van der Waals surface area contributed by atoms with Gasteiger partial charge in [0.15, 0.2) is 0 Å². The Morgan fingerprint density at radius 1 is 0.667 bits per heavy atom. The topological polar surface area (TPSA) is 115 Å². The highest BCUT2D eigenvalue weighted by molar-refractivity contribution is 5.69. The molecule has 0 bridgehead atoms. The van der Waals surface area contributed by atoms with Crippen molar-refractivity contribution in [2.75, 3.05) is 33.2 Å². The number of ether oxygens (including phenoxy) is 1. The fourth-order valence-corrected chi connectivity index (χ4v) is 7.30. The lowest BCUT2D eigenvalue weighted by molar-refractivity contribution is -0.150. The van der Waals surface area contributed by atoms with Crippen LogP contribution in [0.4, 0.5) is 0 Å². The number of carbonyl (C=O) groups excluding carboxylic acids is 1. The molecule has 0 aliphatic heterocycles. The van der Waals surface area contributed by atoms with Gasteiger partial charge in [-0.05, 0) is 90.5 Å². The van der Waals surface area contributed by atoms with E-state index in [-0.39, 0.29) is 18.5 Å². The Labute approximate surface area is 356 Å². The van der Waals surface area contributed by atoms with E-state index in [1.54, 1.807) is 0 Å². The van der Waals surface area contributed by atoms with Crippen LogP contribution in [0, 0.1) is 17.4 Å². The Kier molecular flexibility index (Phi) is 63.1. The fourth-order valence-electron chi connectivity index (χ4n) is 7.30. The van der Waals surface area contributed by atoms with Crippen LogP contribution in [0.2, 0.25) is 0 Å². The molecule has 0 heterocycles. The minimum atomic E-state index is -0.250. The number of nitriles is 1. The smallest absolute Gasteiger partial charge is 0.306 e. The molecule has 2 N–H and O–H groups in total. The van der Waals surface area contributed by atoms with Gasteiger partial charge in [0.1, 0.15) is 6.10 Å². The molecule has 0 aliphatic carbocycles. The fraction of sp³-hybridized carbons (Fsp3) is 0.918. The third-order valence-corrected chi connectivity index (χ3v) is 10.8. The Bertz CT molecular complexity index is 807. The van der Waals surface area contributed by atoms with Gasteiger partial charge in [-0.15, -0.1) is 0 Å². The molecule has 0 radical (unpaired) electrons. The van der Waals surface area contributed by atoms with Crippen LogP contribution < -0.4 is 5.32 Å². The Morgan fingerprint density at radius 2 is 1.02 bits per heavy atom. The van der Waals surface area contributed by atoms with Crippen LogP contribution in [0.1, 0.15) is 247 Å². The largest absolute Gasteiger partial charge is 0.483 e. The number of carboxylic acid groups (broad SMARTS) is 1. The molecule has 0 aromatic carbocycles. The molecule has 340 valence electrons. The molecular weight excluding hydrogens is 709 g/mol. The monoisotopic (exact) mass is 809 g/mol. The molecule has 0 aliphatic rings. The number of nitrogens with zero attached hydrogens (tertiary/aromatic N) is 3. The molecule has 0 spiro atoms. The number of esters is 1. The maximum absolute atomic E-state index is 12.6. The molecule has 0 fully saturated rings. The van der Waals surface area contributed by atoms with E-state index >= 15 is 0 Å². The van der Waals surface area contributed by atoms with E-state index in [4.69, 9.17) is 19.9 Å². The Hall–Kier alpha value is -1.98. The van der Waals surface area contributed by atoms with Gasteiger partial charge in [-0.25, -0.2) is 0 Å². The van der Waals surface area contributed by atoms with Gasteiger partial charge in [0.25, 0.3) is 6.47 Å². The quantitative estimate of drug-likeness (QED) is 0.0208. The molecule has 2 atom stereocenters. The van der Waals surface area contributed by atoms with Gasteiger partial charge in [0.2, 0.25) is 6.19 Å². The number of carbonyl (C=O) groups is 2. The van der Waals surface area contributed by atoms with Crippen LogP contribution >= 0.6 is 0 Å². The predicted octanol–water partition coefficient (Wildman–Crippen LogP) is 14.5. The number of unbranched alkanes of at least 4 members (excludes halogenated alkanes) is 20. The lowest BCUT2D eigenvalue weighted by atomic mass is 9.92. The summed E-state index contributed by atoms with van der Waals surface area (Å²) in [6, 6.07) is 0. The number of hydrogen-bond acceptors (Lipinski definition) is 7. The van der Waals surface area contributed by atoms with Crippen LogP contribution in [0.25, 0.3) is 0 Å². The summed E-state index contributed by atoms with van der Waals surface area (Å²) in [5.41, 5.74) is 0. The second-order valence-electron chi connectivity index (χ2n) is 15.7. The van der Waals surface area contributed by atoms with Gasteiger partial charge >= 0.3 is 5.97 Å². The minimum absolute atomic E-state index is 0.0538. The summed E-state index contributed by atoms with van der Waals surface area (Å²) in [6.45, 7) is 20.7. The van der Waals surface area contributed by atoms with Crippen molar-refractivity contribution in [3.05, 3.63) is 0 Å². The second-order valence-corrected chi connectivity index (χ2v) is 15.7. The van der Waals surface area contributed by atoms with E-state index in [0.717, 1.165) is 38.1 Å². The molecule has 8 nitrogen and oxygen atoms in total. The Morgan fingerprint density at radius 3 is 1.42 bits per heavy atom. The summed E-state index contributed by atoms with van der Waals surface area (Å²) >= 11 is 0. The van der Waals surface area contributed by atoms with E-state index in [9.17, 15) is 4.79 Å². The SMILES string of the molecule is C=NC#N.CC.CCCCCCCCC(CC)CCCCCCCN(CCCCCCCC(=O)OC(CCCCCC)CCCCCCC)CCCNC.O=CO. The van der Waals surface area contributed by atoms with Crippen molar-refractivity contribution in [1.82, 2.24) is 10.2 Å². The van der Waals surface area contributed by atoms with E-state index in [1.165, 1.54) is 199 Å². The predicted molar refractivity (Wildman–Crippen MR) is 249 cm³/mol. The first kappa shape index (κ1) is 61.7. The normalized spacial score (nSPS) is 11.5. The lowest BCUT2D eigenvalue weighted by Gasteiger charge is -2.22. The van der Waals surface area contributed by atoms with Crippen LogP contribution in [0.3, 0.4) is 0 Å². The zero-order chi connectivity index (χ0) is 43.3. The van der Waals surface area contributed by atoms with Crippen LogP contribution in [0.5, 0.6) is 0 Å². The summed E-state index contributed by atoms with van der Waals surface area (Å²) < 4.78 is 6.00. The molecule has 2 unspecified atom stereocenters. The minimum Gasteiger partial charge on any atom is -0.483 e. The standard InChI is InChI=1S/C44H90N2O2.C2H2N2.C2H6.CH2O2/c1-6-10-13-16-20-25-33-42(9-4)34-26-21-17-23-30-39-46(41-32-38-45-5)40-31-24-18-22-29-37-44(47)48-43(35-27-15-12-8-3)36-28-19-14-11-7-2;1-4-2-3;1-2;2-1-3/h42-43,45H,6-41H2,1-5H3;1H2;1-2H3;1H,(H,2,3). The second kappa shape index (κ2) is 58.3. The van der Waals surface area contributed by atoms with Crippen molar-refractivity contribution < 1.29 is 19.4 Å². The average Bonchev–Trinajstić information content (AvgIpc) is 3.22. The first-order valence-corrected chi connectivity index (χ1v) is 24.4. The lowest BCUT2D eigenvalue weighted by Crippen LogP contribution is -2.29. The molecule has 0 amide bonds. The van der Waals surface area contributed by atoms with Gasteiger partial charge in [-0.2, -0.15) is 10.3 Å².